The minimum Gasteiger partial charge on any atom is -0.454 e. The molecule has 2 amide bonds. The zero-order valence-corrected chi connectivity index (χ0v) is 18.8. The van der Waals surface area contributed by atoms with Crippen molar-refractivity contribution in [3.8, 4) is 11.5 Å². The van der Waals surface area contributed by atoms with Gasteiger partial charge in [0.1, 0.15) is 0 Å². The SMILES string of the molecule is CC(C)(CNC(=O)CC(NC(=O)c1ccccc1)c1ccccc1)c1ccc2c(c1)OCO2. The minimum absolute atomic E-state index is 0.133. The topological polar surface area (TPSA) is 76.7 Å². The average molecular weight is 445 g/mol. The molecule has 4 rings (SSSR count). The Morgan fingerprint density at radius 3 is 2.30 bits per heavy atom. The summed E-state index contributed by atoms with van der Waals surface area (Å²) in [5.41, 5.74) is 2.17. The van der Waals surface area contributed by atoms with Crippen LogP contribution < -0.4 is 20.1 Å². The lowest BCUT2D eigenvalue weighted by atomic mass is 9.84. The number of carbonyl (C=O) groups is 2. The van der Waals surface area contributed by atoms with Crippen molar-refractivity contribution >= 4 is 11.8 Å². The lowest BCUT2D eigenvalue weighted by Crippen LogP contribution is -2.39. The minimum atomic E-state index is -0.437. The largest absolute Gasteiger partial charge is 0.454 e. The molecule has 170 valence electrons. The molecule has 0 bridgehead atoms. The van der Waals surface area contributed by atoms with Crippen LogP contribution in [0.4, 0.5) is 0 Å². The van der Waals surface area contributed by atoms with Gasteiger partial charge in [0.2, 0.25) is 12.7 Å². The third-order valence-corrected chi connectivity index (χ3v) is 5.81. The van der Waals surface area contributed by atoms with E-state index in [4.69, 9.17) is 9.47 Å². The molecule has 0 spiro atoms. The molecule has 0 fully saturated rings. The number of amides is 2. The van der Waals surface area contributed by atoms with E-state index >= 15 is 0 Å². The Labute approximate surface area is 193 Å². The first kappa shape index (κ1) is 22.4. The van der Waals surface area contributed by atoms with Crippen LogP contribution >= 0.6 is 0 Å². The van der Waals surface area contributed by atoms with E-state index in [-0.39, 0.29) is 30.4 Å². The molecule has 6 heteroatoms. The van der Waals surface area contributed by atoms with Gasteiger partial charge in [0, 0.05) is 17.5 Å². The molecule has 0 radical (unpaired) electrons. The van der Waals surface area contributed by atoms with Gasteiger partial charge in [0.15, 0.2) is 11.5 Å². The molecule has 0 aromatic heterocycles. The Bertz CT molecular complexity index is 1110. The highest BCUT2D eigenvalue weighted by Gasteiger charge is 2.26. The van der Waals surface area contributed by atoms with E-state index in [1.54, 1.807) is 12.1 Å². The molecule has 6 nitrogen and oxygen atoms in total. The Kier molecular flexibility index (Phi) is 6.63. The fourth-order valence-electron chi connectivity index (χ4n) is 3.77. The first-order valence-electron chi connectivity index (χ1n) is 11.0. The van der Waals surface area contributed by atoms with Gasteiger partial charge in [0.25, 0.3) is 5.91 Å². The number of benzene rings is 3. The number of carbonyl (C=O) groups excluding carboxylic acids is 2. The maximum atomic E-state index is 12.9. The Morgan fingerprint density at radius 1 is 0.909 bits per heavy atom. The van der Waals surface area contributed by atoms with Crippen molar-refractivity contribution in [2.24, 2.45) is 0 Å². The van der Waals surface area contributed by atoms with Crippen LogP contribution in [-0.2, 0) is 10.2 Å². The van der Waals surface area contributed by atoms with Crippen LogP contribution in [0.1, 0.15) is 47.8 Å². The summed E-state index contributed by atoms with van der Waals surface area (Å²) in [6.45, 7) is 4.80. The summed E-state index contributed by atoms with van der Waals surface area (Å²) in [7, 11) is 0. The van der Waals surface area contributed by atoms with Gasteiger partial charge < -0.3 is 20.1 Å². The molecule has 3 aromatic carbocycles. The molecule has 1 unspecified atom stereocenters. The van der Waals surface area contributed by atoms with E-state index in [0.29, 0.717) is 12.1 Å². The molecule has 3 aromatic rings. The normalized spacial score (nSPS) is 13.3. The number of fused-ring (bicyclic) bond motifs is 1. The van der Waals surface area contributed by atoms with E-state index in [2.05, 4.69) is 24.5 Å². The zero-order chi connectivity index (χ0) is 23.3. The lowest BCUT2D eigenvalue weighted by Gasteiger charge is -2.27. The molecule has 1 aliphatic rings. The monoisotopic (exact) mass is 444 g/mol. The smallest absolute Gasteiger partial charge is 0.251 e. The molecule has 33 heavy (non-hydrogen) atoms. The van der Waals surface area contributed by atoms with Crippen LogP contribution in [0.2, 0.25) is 0 Å². The van der Waals surface area contributed by atoms with Gasteiger partial charge in [-0.25, -0.2) is 0 Å². The van der Waals surface area contributed by atoms with Crippen LogP contribution in [0.3, 0.4) is 0 Å². The second kappa shape index (κ2) is 9.77. The lowest BCUT2D eigenvalue weighted by molar-refractivity contribution is -0.121. The van der Waals surface area contributed by atoms with Gasteiger partial charge in [-0.05, 0) is 35.4 Å². The molecule has 2 N–H and O–H groups in total. The third-order valence-electron chi connectivity index (χ3n) is 5.81. The van der Waals surface area contributed by atoms with Gasteiger partial charge in [0.05, 0.1) is 12.5 Å². The number of nitrogens with one attached hydrogen (secondary N) is 2. The summed E-state index contributed by atoms with van der Waals surface area (Å²) in [4.78, 5) is 25.6. The summed E-state index contributed by atoms with van der Waals surface area (Å²) in [5.74, 6) is 1.11. The van der Waals surface area contributed by atoms with E-state index < -0.39 is 6.04 Å². The van der Waals surface area contributed by atoms with E-state index in [0.717, 1.165) is 22.6 Å². The number of rotatable bonds is 8. The molecule has 1 heterocycles. The molecule has 0 saturated heterocycles. The van der Waals surface area contributed by atoms with Crippen LogP contribution in [0.5, 0.6) is 11.5 Å². The van der Waals surface area contributed by atoms with Crippen LogP contribution in [0.15, 0.2) is 78.9 Å². The van der Waals surface area contributed by atoms with Crippen molar-refractivity contribution in [2.75, 3.05) is 13.3 Å². The van der Waals surface area contributed by atoms with E-state index in [1.807, 2.05) is 66.7 Å². The zero-order valence-electron chi connectivity index (χ0n) is 18.8. The average Bonchev–Trinajstić information content (AvgIpc) is 3.31. The van der Waals surface area contributed by atoms with Crippen LogP contribution in [0.25, 0.3) is 0 Å². The fourth-order valence-corrected chi connectivity index (χ4v) is 3.77. The summed E-state index contributed by atoms with van der Waals surface area (Å²) in [5, 5.41) is 6.05. The van der Waals surface area contributed by atoms with Crippen molar-refractivity contribution in [3.05, 3.63) is 95.6 Å². The highest BCUT2D eigenvalue weighted by molar-refractivity contribution is 5.94. The van der Waals surface area contributed by atoms with Crippen molar-refractivity contribution in [3.63, 3.8) is 0 Å². The van der Waals surface area contributed by atoms with Gasteiger partial charge >= 0.3 is 0 Å². The van der Waals surface area contributed by atoms with Gasteiger partial charge in [-0.15, -0.1) is 0 Å². The second-order valence-corrected chi connectivity index (χ2v) is 8.74. The van der Waals surface area contributed by atoms with Crippen molar-refractivity contribution in [1.82, 2.24) is 10.6 Å². The summed E-state index contributed by atoms with van der Waals surface area (Å²) < 4.78 is 10.9. The molecule has 0 aliphatic carbocycles. The molecule has 1 aliphatic heterocycles. The van der Waals surface area contributed by atoms with Crippen LogP contribution in [0, 0.1) is 0 Å². The first-order valence-corrected chi connectivity index (χ1v) is 11.0. The van der Waals surface area contributed by atoms with Gasteiger partial charge in [-0.3, -0.25) is 9.59 Å². The molecular formula is C27H28N2O4. The van der Waals surface area contributed by atoms with E-state index in [9.17, 15) is 9.59 Å². The number of hydrogen-bond acceptors (Lipinski definition) is 4. The van der Waals surface area contributed by atoms with Crippen LogP contribution in [-0.4, -0.2) is 25.2 Å². The molecular weight excluding hydrogens is 416 g/mol. The van der Waals surface area contributed by atoms with Gasteiger partial charge in [-0.1, -0.05) is 68.4 Å². The predicted molar refractivity (Wildman–Crippen MR) is 126 cm³/mol. The standard InChI is InChI=1S/C27H28N2O4/c1-27(2,21-13-14-23-24(15-21)33-18-32-23)17-28-25(30)16-22(19-9-5-3-6-10-19)29-26(31)20-11-7-4-8-12-20/h3-15,22H,16-18H2,1-2H3,(H,28,30)(H,29,31). The molecule has 0 saturated carbocycles. The molecule has 1 atom stereocenters. The third kappa shape index (κ3) is 5.52. The maximum Gasteiger partial charge on any atom is 0.251 e. The number of ether oxygens (including phenoxy) is 2. The highest BCUT2D eigenvalue weighted by atomic mass is 16.7. The number of hydrogen-bond donors (Lipinski definition) is 2. The highest BCUT2D eigenvalue weighted by Crippen LogP contribution is 2.36. The summed E-state index contributed by atoms with van der Waals surface area (Å²) in [6.07, 6.45) is 0.139. The van der Waals surface area contributed by atoms with Gasteiger partial charge in [-0.2, -0.15) is 0 Å². The fraction of sp³-hybridized carbons (Fsp3) is 0.259. The Balaban J connectivity index is 1.41. The first-order chi connectivity index (χ1) is 15.9. The predicted octanol–water partition coefficient (Wildman–Crippen LogP) is 4.37. The van der Waals surface area contributed by atoms with Crippen molar-refractivity contribution < 1.29 is 19.1 Å². The Hall–Kier alpha value is -3.80. The summed E-state index contributed by atoms with van der Waals surface area (Å²) >= 11 is 0. The summed E-state index contributed by atoms with van der Waals surface area (Å²) in [6, 6.07) is 24.0. The second-order valence-electron chi connectivity index (χ2n) is 8.74. The van der Waals surface area contributed by atoms with Crippen molar-refractivity contribution in [2.45, 2.75) is 31.7 Å². The quantitative estimate of drug-likeness (QED) is 0.541. The maximum absolute atomic E-state index is 12.9. The Morgan fingerprint density at radius 2 is 1.58 bits per heavy atom. The van der Waals surface area contributed by atoms with Crippen molar-refractivity contribution in [1.29, 1.82) is 0 Å². The van der Waals surface area contributed by atoms with E-state index in [1.165, 1.54) is 0 Å².